The Morgan fingerprint density at radius 1 is 1.03 bits per heavy atom. The molecule has 2 aromatic heterocycles. The van der Waals surface area contributed by atoms with Crippen LogP contribution in [0.15, 0.2) is 54.6 Å². The Morgan fingerprint density at radius 3 is 2.52 bits per heavy atom. The summed E-state index contributed by atoms with van der Waals surface area (Å²) in [5.74, 6) is 0.276. The van der Waals surface area contributed by atoms with Crippen molar-refractivity contribution < 1.29 is 9.72 Å². The summed E-state index contributed by atoms with van der Waals surface area (Å²) in [5.41, 5.74) is 3.49. The number of aromatic nitrogens is 4. The van der Waals surface area contributed by atoms with Gasteiger partial charge in [0, 0.05) is 28.4 Å². The quantitative estimate of drug-likeness (QED) is 0.422. The summed E-state index contributed by atoms with van der Waals surface area (Å²) in [4.78, 5) is 23.0. The second kappa shape index (κ2) is 7.12. The Hall–Kier alpha value is -4.14. The standard InChI is InChI=1S/C20H16N6O3/c1-12-3-4-15(11-18(12)26(28)29)20(27)21-16-7-5-14(6-8-16)17-9-10-19-23-22-13(2)25(19)24-17/h3-11H,1-2H3,(H,21,27). The Kier molecular flexibility index (Phi) is 4.47. The van der Waals surface area contributed by atoms with Crippen LogP contribution >= 0.6 is 0 Å². The van der Waals surface area contributed by atoms with E-state index in [2.05, 4.69) is 20.6 Å². The van der Waals surface area contributed by atoms with Crippen LogP contribution in [0, 0.1) is 24.0 Å². The van der Waals surface area contributed by atoms with E-state index in [0.29, 0.717) is 22.7 Å². The van der Waals surface area contributed by atoms with Crippen LogP contribution in [0.1, 0.15) is 21.7 Å². The zero-order chi connectivity index (χ0) is 20.5. The normalized spacial score (nSPS) is 10.8. The van der Waals surface area contributed by atoms with Crippen LogP contribution in [0.2, 0.25) is 0 Å². The van der Waals surface area contributed by atoms with Crippen LogP contribution in [-0.4, -0.2) is 30.6 Å². The van der Waals surface area contributed by atoms with E-state index in [1.807, 2.05) is 31.2 Å². The van der Waals surface area contributed by atoms with Crippen LogP contribution in [0.4, 0.5) is 11.4 Å². The number of hydrogen-bond acceptors (Lipinski definition) is 6. The predicted octanol–water partition coefficient (Wildman–Crippen LogP) is 3.57. The molecule has 9 heteroatoms. The Morgan fingerprint density at radius 2 is 1.79 bits per heavy atom. The van der Waals surface area contributed by atoms with Gasteiger partial charge >= 0.3 is 0 Å². The Bertz CT molecular complexity index is 1250. The van der Waals surface area contributed by atoms with Crippen LogP contribution in [0.25, 0.3) is 16.9 Å². The van der Waals surface area contributed by atoms with Gasteiger partial charge in [-0.25, -0.2) is 0 Å². The molecule has 0 bridgehead atoms. The van der Waals surface area contributed by atoms with E-state index in [1.54, 1.807) is 35.7 Å². The lowest BCUT2D eigenvalue weighted by atomic mass is 10.1. The molecule has 0 aliphatic rings. The number of aryl methyl sites for hydroxylation is 2. The number of amides is 1. The van der Waals surface area contributed by atoms with Crippen LogP contribution < -0.4 is 5.32 Å². The summed E-state index contributed by atoms with van der Waals surface area (Å²) in [7, 11) is 0. The van der Waals surface area contributed by atoms with Gasteiger partial charge in [-0.1, -0.05) is 18.2 Å². The molecule has 0 atom stereocenters. The first kappa shape index (κ1) is 18.2. The zero-order valence-corrected chi connectivity index (χ0v) is 15.7. The highest BCUT2D eigenvalue weighted by molar-refractivity contribution is 6.04. The van der Waals surface area contributed by atoms with Crippen molar-refractivity contribution in [3.63, 3.8) is 0 Å². The molecule has 29 heavy (non-hydrogen) atoms. The van der Waals surface area contributed by atoms with Gasteiger partial charge in [0.1, 0.15) is 0 Å². The highest BCUT2D eigenvalue weighted by atomic mass is 16.6. The molecule has 0 spiro atoms. The third-order valence-corrected chi connectivity index (χ3v) is 4.53. The second-order valence-corrected chi connectivity index (χ2v) is 6.53. The minimum Gasteiger partial charge on any atom is -0.322 e. The molecule has 0 aliphatic carbocycles. The number of benzene rings is 2. The third kappa shape index (κ3) is 3.53. The van der Waals surface area contributed by atoms with Crippen molar-refractivity contribution in [1.82, 2.24) is 19.8 Å². The summed E-state index contributed by atoms with van der Waals surface area (Å²) in [5, 5.41) is 26.3. The fourth-order valence-corrected chi connectivity index (χ4v) is 2.93. The highest BCUT2D eigenvalue weighted by Gasteiger charge is 2.15. The van der Waals surface area contributed by atoms with Crippen molar-refractivity contribution >= 4 is 22.9 Å². The molecular formula is C20H16N6O3. The summed E-state index contributed by atoms with van der Waals surface area (Å²) in [6, 6.07) is 15.3. The van der Waals surface area contributed by atoms with Gasteiger partial charge in [0.25, 0.3) is 11.6 Å². The minimum atomic E-state index is -0.498. The number of hydrogen-bond donors (Lipinski definition) is 1. The molecule has 0 aliphatic heterocycles. The second-order valence-electron chi connectivity index (χ2n) is 6.53. The minimum absolute atomic E-state index is 0.0845. The maximum atomic E-state index is 12.4. The van der Waals surface area contributed by atoms with Gasteiger partial charge in [0.2, 0.25) is 0 Å². The molecule has 144 valence electrons. The first-order valence-electron chi connectivity index (χ1n) is 8.78. The molecule has 0 fully saturated rings. The number of nitrogens with zero attached hydrogens (tertiary/aromatic N) is 5. The number of carbonyl (C=O) groups is 1. The lowest BCUT2D eigenvalue weighted by Gasteiger charge is -2.07. The lowest BCUT2D eigenvalue weighted by molar-refractivity contribution is -0.385. The van der Waals surface area contributed by atoms with E-state index < -0.39 is 10.8 Å². The molecule has 0 saturated carbocycles. The maximum absolute atomic E-state index is 12.4. The summed E-state index contributed by atoms with van der Waals surface area (Å²) in [6.45, 7) is 3.45. The molecule has 4 aromatic rings. The van der Waals surface area contributed by atoms with Crippen LogP contribution in [0.5, 0.6) is 0 Å². The number of anilines is 1. The maximum Gasteiger partial charge on any atom is 0.273 e. The molecular weight excluding hydrogens is 372 g/mol. The van der Waals surface area contributed by atoms with Crippen molar-refractivity contribution in [2.75, 3.05) is 5.32 Å². The van der Waals surface area contributed by atoms with E-state index in [9.17, 15) is 14.9 Å². The predicted molar refractivity (Wildman–Crippen MR) is 107 cm³/mol. The number of nitro benzene ring substituents is 1. The van der Waals surface area contributed by atoms with Gasteiger partial charge in [-0.3, -0.25) is 14.9 Å². The first-order valence-corrected chi connectivity index (χ1v) is 8.78. The molecule has 2 aromatic carbocycles. The van der Waals surface area contributed by atoms with Crippen molar-refractivity contribution in [3.05, 3.63) is 81.7 Å². The van der Waals surface area contributed by atoms with Gasteiger partial charge < -0.3 is 5.32 Å². The largest absolute Gasteiger partial charge is 0.322 e. The Labute approximate surface area is 165 Å². The number of nitrogens with one attached hydrogen (secondary N) is 1. The topological polar surface area (TPSA) is 115 Å². The van der Waals surface area contributed by atoms with Crippen molar-refractivity contribution in [1.29, 1.82) is 0 Å². The molecule has 2 heterocycles. The van der Waals surface area contributed by atoms with Gasteiger partial charge in [0.15, 0.2) is 11.5 Å². The van der Waals surface area contributed by atoms with Gasteiger partial charge in [0.05, 0.1) is 10.6 Å². The fraction of sp³-hybridized carbons (Fsp3) is 0.100. The van der Waals surface area contributed by atoms with Crippen molar-refractivity contribution in [2.24, 2.45) is 0 Å². The van der Waals surface area contributed by atoms with E-state index in [4.69, 9.17) is 0 Å². The number of fused-ring (bicyclic) bond motifs is 1. The van der Waals surface area contributed by atoms with Crippen LogP contribution in [-0.2, 0) is 0 Å². The van der Waals surface area contributed by atoms with Gasteiger partial charge in [-0.05, 0) is 44.2 Å². The average Bonchev–Trinajstić information content (AvgIpc) is 3.09. The molecule has 0 radical (unpaired) electrons. The molecule has 1 amide bonds. The van der Waals surface area contributed by atoms with E-state index in [0.717, 1.165) is 11.3 Å². The summed E-state index contributed by atoms with van der Waals surface area (Å²) < 4.78 is 1.66. The summed E-state index contributed by atoms with van der Waals surface area (Å²) in [6.07, 6.45) is 0. The number of nitro groups is 1. The SMILES string of the molecule is Cc1ccc(C(=O)Nc2ccc(-c3ccc4nnc(C)n4n3)cc2)cc1[N+](=O)[O-]. The van der Waals surface area contributed by atoms with Gasteiger partial charge in [-0.15, -0.1) is 10.2 Å². The van der Waals surface area contributed by atoms with E-state index in [1.165, 1.54) is 6.07 Å². The zero-order valence-electron chi connectivity index (χ0n) is 15.7. The molecule has 0 unspecified atom stereocenters. The number of carbonyl (C=O) groups excluding carboxylic acids is 1. The molecule has 4 rings (SSSR count). The molecule has 0 saturated heterocycles. The summed E-state index contributed by atoms with van der Waals surface area (Å²) >= 11 is 0. The molecule has 9 nitrogen and oxygen atoms in total. The highest BCUT2D eigenvalue weighted by Crippen LogP contribution is 2.22. The third-order valence-electron chi connectivity index (χ3n) is 4.53. The average molecular weight is 388 g/mol. The Balaban J connectivity index is 1.55. The van der Waals surface area contributed by atoms with Crippen LogP contribution in [0.3, 0.4) is 0 Å². The fourth-order valence-electron chi connectivity index (χ4n) is 2.93. The monoisotopic (exact) mass is 388 g/mol. The first-order chi connectivity index (χ1) is 13.9. The molecule has 1 N–H and O–H groups in total. The van der Waals surface area contributed by atoms with E-state index >= 15 is 0 Å². The lowest BCUT2D eigenvalue weighted by Crippen LogP contribution is -2.12. The van der Waals surface area contributed by atoms with Gasteiger partial charge in [-0.2, -0.15) is 9.61 Å². The van der Waals surface area contributed by atoms with Crippen molar-refractivity contribution in [3.8, 4) is 11.3 Å². The van der Waals surface area contributed by atoms with Crippen molar-refractivity contribution in [2.45, 2.75) is 13.8 Å². The van der Waals surface area contributed by atoms with E-state index in [-0.39, 0.29) is 11.3 Å². The smallest absolute Gasteiger partial charge is 0.273 e. The number of rotatable bonds is 4.